The van der Waals surface area contributed by atoms with Crippen LogP contribution in [0.5, 0.6) is 0 Å². The minimum atomic E-state index is -0.392. The number of nitrogen functional groups attached to an aromatic ring is 1. The first-order chi connectivity index (χ1) is 14.4. The van der Waals surface area contributed by atoms with Crippen LogP contribution < -0.4 is 15.5 Å². The van der Waals surface area contributed by atoms with Gasteiger partial charge in [-0.1, -0.05) is 24.3 Å². The number of aryl methyl sites for hydroxylation is 2. The van der Waals surface area contributed by atoms with E-state index >= 15 is 0 Å². The molecule has 0 bridgehead atoms. The molecule has 0 aromatic heterocycles. The Balaban J connectivity index is 0.00000341. The number of hydrogen-bond donors (Lipinski definition) is 2. The molecule has 1 heterocycles. The molecule has 1 aliphatic heterocycles. The number of carbonyl (C=O) groups is 2. The van der Waals surface area contributed by atoms with Crippen molar-refractivity contribution in [1.29, 1.82) is 5.41 Å². The van der Waals surface area contributed by atoms with E-state index in [0.29, 0.717) is 31.6 Å². The third-order valence-corrected chi connectivity index (χ3v) is 5.30. The highest BCUT2D eigenvalue weighted by atomic mass is 35.5. The summed E-state index contributed by atoms with van der Waals surface area (Å²) in [5, 5.41) is 7.45. The van der Waals surface area contributed by atoms with E-state index in [1.807, 2.05) is 35.2 Å². The predicted molar refractivity (Wildman–Crippen MR) is 126 cm³/mol. The molecule has 3 rings (SSSR count). The van der Waals surface area contributed by atoms with Gasteiger partial charge in [-0.3, -0.25) is 15.1 Å². The van der Waals surface area contributed by atoms with Crippen molar-refractivity contribution in [3.63, 3.8) is 0 Å². The first-order valence-corrected chi connectivity index (χ1v) is 10.2. The Morgan fingerprint density at radius 2 is 1.90 bits per heavy atom. The molecule has 0 spiro atoms. The molecule has 31 heavy (non-hydrogen) atoms. The average molecular weight is 445 g/mol. The first-order valence-electron chi connectivity index (χ1n) is 10.2. The lowest BCUT2D eigenvalue weighted by Crippen LogP contribution is -2.36. The van der Waals surface area contributed by atoms with E-state index < -0.39 is 6.09 Å². The van der Waals surface area contributed by atoms with E-state index in [0.717, 1.165) is 35.3 Å². The lowest BCUT2D eigenvalue weighted by Gasteiger charge is -2.30. The molecular weight excluding hydrogens is 416 g/mol. The number of nitrogens with one attached hydrogen (secondary N) is 1. The number of ether oxygens (including phenoxy) is 1. The lowest BCUT2D eigenvalue weighted by molar-refractivity contribution is -0.118. The third-order valence-electron chi connectivity index (χ3n) is 5.30. The van der Waals surface area contributed by atoms with Crippen LogP contribution in [-0.2, 0) is 22.4 Å². The lowest BCUT2D eigenvalue weighted by atomic mass is 9.99. The van der Waals surface area contributed by atoms with Gasteiger partial charge in [0.1, 0.15) is 5.84 Å². The van der Waals surface area contributed by atoms with Crippen LogP contribution in [0, 0.1) is 5.41 Å². The van der Waals surface area contributed by atoms with E-state index in [1.54, 1.807) is 26.1 Å². The topological polar surface area (TPSA) is 99.7 Å². The smallest absolute Gasteiger partial charge is 0.413 e. The van der Waals surface area contributed by atoms with E-state index in [2.05, 4.69) is 0 Å². The quantitative estimate of drug-likeness (QED) is 0.521. The largest absolute Gasteiger partial charge is 0.449 e. The Kier molecular flexibility index (Phi) is 8.45. The fraction of sp³-hybridized carbons (Fsp3) is 0.348. The second kappa shape index (κ2) is 10.8. The number of amidine groups is 1. The van der Waals surface area contributed by atoms with Crippen LogP contribution in [0.15, 0.2) is 42.5 Å². The molecule has 0 radical (unpaired) electrons. The van der Waals surface area contributed by atoms with Crippen LogP contribution in [0.4, 0.5) is 16.2 Å². The summed E-state index contributed by atoms with van der Waals surface area (Å²) in [5.74, 6) is 0.119. The molecule has 0 fully saturated rings. The van der Waals surface area contributed by atoms with Crippen molar-refractivity contribution in [1.82, 2.24) is 0 Å². The molecule has 2 aromatic rings. The number of halogens is 1. The van der Waals surface area contributed by atoms with Crippen LogP contribution in [0.25, 0.3) is 0 Å². The summed E-state index contributed by atoms with van der Waals surface area (Å²) in [6.07, 6.45) is 2.40. The minimum absolute atomic E-state index is 0. The van der Waals surface area contributed by atoms with E-state index in [-0.39, 0.29) is 24.1 Å². The maximum absolute atomic E-state index is 12.9. The van der Waals surface area contributed by atoms with E-state index in [9.17, 15) is 9.59 Å². The molecule has 8 heteroatoms. The summed E-state index contributed by atoms with van der Waals surface area (Å²) in [5.41, 5.74) is 9.94. The molecular formula is C23H29ClN4O3. The molecule has 0 aliphatic carbocycles. The normalized spacial score (nSPS) is 12.4. The molecule has 0 atom stereocenters. The standard InChI is InChI=1S/C23H28N4O3.ClH/c1-3-30-23(29)26(2)19-11-12-20-18(15-19)5-4-14-27(20)21(28)13-8-16-6-9-17(10-7-16)22(24)25;/h6-7,9-12,15H,3-5,8,13-14H2,1-2H3,(H3,24,25);1H. The van der Waals surface area contributed by atoms with Crippen molar-refractivity contribution >= 4 is 41.6 Å². The number of hydrogen-bond acceptors (Lipinski definition) is 4. The summed E-state index contributed by atoms with van der Waals surface area (Å²) in [6, 6.07) is 13.2. The second-order valence-electron chi connectivity index (χ2n) is 7.33. The molecule has 2 aromatic carbocycles. The van der Waals surface area contributed by atoms with Crippen molar-refractivity contribution in [2.75, 3.05) is 30.0 Å². The number of amides is 2. The zero-order chi connectivity index (χ0) is 21.7. The van der Waals surface area contributed by atoms with Crippen molar-refractivity contribution in [2.45, 2.75) is 32.6 Å². The van der Waals surface area contributed by atoms with E-state index in [4.69, 9.17) is 15.9 Å². The number of nitrogens with zero attached hydrogens (tertiary/aromatic N) is 2. The Labute approximate surface area is 189 Å². The van der Waals surface area contributed by atoms with Gasteiger partial charge in [0.2, 0.25) is 5.91 Å². The highest BCUT2D eigenvalue weighted by molar-refractivity contribution is 5.96. The van der Waals surface area contributed by atoms with Gasteiger partial charge in [-0.2, -0.15) is 0 Å². The van der Waals surface area contributed by atoms with Crippen molar-refractivity contribution < 1.29 is 14.3 Å². The summed E-state index contributed by atoms with van der Waals surface area (Å²) < 4.78 is 5.06. The van der Waals surface area contributed by atoms with Gasteiger partial charge in [-0.25, -0.2) is 4.79 Å². The predicted octanol–water partition coefficient (Wildman–Crippen LogP) is 3.90. The molecule has 166 valence electrons. The summed E-state index contributed by atoms with van der Waals surface area (Å²) >= 11 is 0. The van der Waals surface area contributed by atoms with E-state index in [1.165, 1.54) is 4.90 Å². The van der Waals surface area contributed by atoms with Gasteiger partial charge in [0.25, 0.3) is 0 Å². The molecule has 2 amide bonds. The monoisotopic (exact) mass is 444 g/mol. The number of carbonyl (C=O) groups excluding carboxylic acids is 2. The molecule has 1 aliphatic rings. The summed E-state index contributed by atoms with van der Waals surface area (Å²) in [7, 11) is 1.68. The maximum Gasteiger partial charge on any atom is 0.413 e. The molecule has 0 saturated carbocycles. The molecule has 0 unspecified atom stereocenters. The van der Waals surface area contributed by atoms with Gasteiger partial charge < -0.3 is 15.4 Å². The Morgan fingerprint density at radius 3 is 2.55 bits per heavy atom. The minimum Gasteiger partial charge on any atom is -0.449 e. The number of anilines is 2. The van der Waals surface area contributed by atoms with Gasteiger partial charge in [0.15, 0.2) is 0 Å². The first kappa shape index (κ1) is 24.2. The number of fused-ring (bicyclic) bond motifs is 1. The fourth-order valence-electron chi connectivity index (χ4n) is 3.61. The summed E-state index contributed by atoms with van der Waals surface area (Å²) in [6.45, 7) is 2.80. The molecule has 0 saturated heterocycles. The third kappa shape index (κ3) is 5.76. The maximum atomic E-state index is 12.9. The number of nitrogens with two attached hydrogens (primary N) is 1. The Hall–Kier alpha value is -3.06. The van der Waals surface area contributed by atoms with Gasteiger partial charge in [0.05, 0.1) is 6.61 Å². The van der Waals surface area contributed by atoms with Gasteiger partial charge in [-0.05, 0) is 55.5 Å². The Morgan fingerprint density at radius 1 is 1.19 bits per heavy atom. The van der Waals surface area contributed by atoms with Crippen LogP contribution in [0.3, 0.4) is 0 Å². The van der Waals surface area contributed by atoms with Gasteiger partial charge in [0, 0.05) is 37.0 Å². The van der Waals surface area contributed by atoms with Crippen LogP contribution in [0.2, 0.25) is 0 Å². The fourth-order valence-corrected chi connectivity index (χ4v) is 3.61. The van der Waals surface area contributed by atoms with Crippen molar-refractivity contribution in [3.05, 3.63) is 59.2 Å². The zero-order valence-electron chi connectivity index (χ0n) is 17.9. The van der Waals surface area contributed by atoms with Gasteiger partial charge in [-0.15, -0.1) is 12.4 Å². The molecule has 3 N–H and O–H groups in total. The van der Waals surface area contributed by atoms with Crippen LogP contribution >= 0.6 is 12.4 Å². The van der Waals surface area contributed by atoms with Crippen molar-refractivity contribution in [2.24, 2.45) is 5.73 Å². The number of benzene rings is 2. The highest BCUT2D eigenvalue weighted by Crippen LogP contribution is 2.31. The SMILES string of the molecule is CCOC(=O)N(C)c1ccc2c(c1)CCCN2C(=O)CCc1ccc(C(=N)N)cc1.Cl. The van der Waals surface area contributed by atoms with Crippen LogP contribution in [-0.4, -0.2) is 38.0 Å². The zero-order valence-corrected chi connectivity index (χ0v) is 18.7. The average Bonchev–Trinajstić information content (AvgIpc) is 2.76. The van der Waals surface area contributed by atoms with Crippen LogP contribution in [0.1, 0.15) is 36.5 Å². The highest BCUT2D eigenvalue weighted by Gasteiger charge is 2.23. The summed E-state index contributed by atoms with van der Waals surface area (Å²) in [4.78, 5) is 28.2. The van der Waals surface area contributed by atoms with Crippen molar-refractivity contribution in [3.8, 4) is 0 Å². The molecule has 7 nitrogen and oxygen atoms in total. The second-order valence-corrected chi connectivity index (χ2v) is 7.33. The Bertz CT molecular complexity index is 946. The number of rotatable bonds is 6. The van der Waals surface area contributed by atoms with Gasteiger partial charge >= 0.3 is 6.09 Å².